The number of aromatic nitrogens is 1. The zero-order valence-electron chi connectivity index (χ0n) is 17.0. The molecule has 5 heteroatoms. The number of hydrogen-bond acceptors (Lipinski definition) is 3. The highest BCUT2D eigenvalue weighted by molar-refractivity contribution is 9.10. The van der Waals surface area contributed by atoms with E-state index in [1.54, 1.807) is 0 Å². The summed E-state index contributed by atoms with van der Waals surface area (Å²) in [6, 6.07) is 23.6. The molecule has 0 bridgehead atoms. The summed E-state index contributed by atoms with van der Waals surface area (Å²) in [4.78, 5) is 4.83. The van der Waals surface area contributed by atoms with E-state index in [9.17, 15) is 0 Å². The van der Waals surface area contributed by atoms with Gasteiger partial charge in [-0.1, -0.05) is 63.9 Å². The maximum Gasteiger partial charge on any atom is 0.146 e. The molecule has 0 spiro atoms. The third kappa shape index (κ3) is 5.46. The predicted molar refractivity (Wildman–Crippen MR) is 132 cm³/mol. The number of para-hydroxylation sites is 1. The number of hydrogen-bond donors (Lipinski definition) is 0. The van der Waals surface area contributed by atoms with Crippen molar-refractivity contribution in [2.75, 3.05) is 6.61 Å². The Kier molecular flexibility index (Phi) is 6.90. The number of halogens is 2. The topological polar surface area (TPSA) is 31.4 Å². The Bertz CT molecular complexity index is 1220. The predicted octanol–water partition coefficient (Wildman–Crippen LogP) is 7.80. The fourth-order valence-electron chi connectivity index (χ4n) is 3.17. The van der Waals surface area contributed by atoms with Crippen molar-refractivity contribution in [3.05, 3.63) is 99.1 Å². The van der Waals surface area contributed by atoms with E-state index in [0.29, 0.717) is 18.2 Å². The van der Waals surface area contributed by atoms with Crippen LogP contribution in [0.3, 0.4) is 0 Å². The zero-order valence-corrected chi connectivity index (χ0v) is 19.4. The lowest BCUT2D eigenvalue weighted by Gasteiger charge is -2.10. The second-order valence-corrected chi connectivity index (χ2v) is 8.22. The summed E-state index contributed by atoms with van der Waals surface area (Å²) in [5.41, 5.74) is 3.76. The quantitative estimate of drug-likeness (QED) is 0.263. The van der Waals surface area contributed by atoms with Crippen molar-refractivity contribution in [2.24, 2.45) is 0 Å². The normalized spacial score (nSPS) is 11.2. The van der Waals surface area contributed by atoms with Crippen molar-refractivity contribution < 1.29 is 9.47 Å². The molecule has 0 aliphatic heterocycles. The van der Waals surface area contributed by atoms with Crippen LogP contribution in [0.2, 0.25) is 5.02 Å². The third-order valence-corrected chi connectivity index (χ3v) is 5.70. The molecule has 3 aromatic carbocycles. The standard InChI is InChI=1S/C26H21BrClNO2/c1-2-30-23-14-15-24(27)20(16-23)9-13-22-12-8-19-4-3-5-25(26(19)29-22)31-17-18-6-10-21(28)11-7-18/h3-16H,2,17H2,1H3. The van der Waals surface area contributed by atoms with Gasteiger partial charge in [-0.2, -0.15) is 0 Å². The average Bonchev–Trinajstić information content (AvgIpc) is 2.79. The van der Waals surface area contributed by atoms with Gasteiger partial charge < -0.3 is 9.47 Å². The van der Waals surface area contributed by atoms with Crippen molar-refractivity contribution in [1.29, 1.82) is 0 Å². The van der Waals surface area contributed by atoms with E-state index in [-0.39, 0.29) is 0 Å². The van der Waals surface area contributed by atoms with Crippen molar-refractivity contribution in [3.63, 3.8) is 0 Å². The maximum absolute atomic E-state index is 6.07. The van der Waals surface area contributed by atoms with Gasteiger partial charge in [-0.05, 0) is 66.6 Å². The minimum atomic E-state index is 0.454. The largest absolute Gasteiger partial charge is 0.494 e. The van der Waals surface area contributed by atoms with Gasteiger partial charge in [-0.25, -0.2) is 4.98 Å². The maximum atomic E-state index is 6.07. The second-order valence-electron chi connectivity index (χ2n) is 6.93. The van der Waals surface area contributed by atoms with Gasteiger partial charge in [0.25, 0.3) is 0 Å². The van der Waals surface area contributed by atoms with E-state index in [1.165, 1.54) is 0 Å². The summed E-state index contributed by atoms with van der Waals surface area (Å²) in [7, 11) is 0. The molecule has 0 fully saturated rings. The van der Waals surface area contributed by atoms with Gasteiger partial charge >= 0.3 is 0 Å². The van der Waals surface area contributed by atoms with E-state index in [0.717, 1.165) is 43.7 Å². The number of pyridine rings is 1. The summed E-state index contributed by atoms with van der Waals surface area (Å²) in [5, 5.41) is 1.75. The lowest BCUT2D eigenvalue weighted by molar-refractivity contribution is 0.309. The van der Waals surface area contributed by atoms with Gasteiger partial charge in [0, 0.05) is 14.9 Å². The summed E-state index contributed by atoms with van der Waals surface area (Å²) >= 11 is 9.56. The van der Waals surface area contributed by atoms with Crippen LogP contribution in [-0.2, 0) is 6.61 Å². The lowest BCUT2D eigenvalue weighted by Crippen LogP contribution is -1.97. The first kappa shape index (κ1) is 21.4. The van der Waals surface area contributed by atoms with E-state index >= 15 is 0 Å². The number of benzene rings is 3. The molecular formula is C26H21BrClNO2. The van der Waals surface area contributed by atoms with Gasteiger partial charge in [0.1, 0.15) is 23.6 Å². The summed E-state index contributed by atoms with van der Waals surface area (Å²) in [6.07, 6.45) is 4.02. The fraction of sp³-hybridized carbons (Fsp3) is 0.115. The van der Waals surface area contributed by atoms with Crippen LogP contribution < -0.4 is 9.47 Å². The second kappa shape index (κ2) is 9.99. The van der Waals surface area contributed by atoms with Crippen LogP contribution in [0.4, 0.5) is 0 Å². The Morgan fingerprint density at radius 2 is 1.77 bits per heavy atom. The first-order chi connectivity index (χ1) is 15.1. The highest BCUT2D eigenvalue weighted by Gasteiger charge is 2.06. The minimum Gasteiger partial charge on any atom is -0.494 e. The highest BCUT2D eigenvalue weighted by atomic mass is 79.9. The molecule has 0 saturated heterocycles. The Labute approximate surface area is 195 Å². The molecule has 0 radical (unpaired) electrons. The van der Waals surface area contributed by atoms with E-state index in [1.807, 2.05) is 85.8 Å². The van der Waals surface area contributed by atoms with Crippen LogP contribution in [0.25, 0.3) is 23.1 Å². The van der Waals surface area contributed by atoms with Crippen LogP contribution in [-0.4, -0.2) is 11.6 Å². The summed E-state index contributed by atoms with van der Waals surface area (Å²) in [6.45, 7) is 3.06. The number of fused-ring (bicyclic) bond motifs is 1. The fourth-order valence-corrected chi connectivity index (χ4v) is 3.67. The van der Waals surface area contributed by atoms with E-state index in [4.69, 9.17) is 26.1 Å². The molecule has 0 aliphatic rings. The Morgan fingerprint density at radius 3 is 2.58 bits per heavy atom. The third-order valence-electron chi connectivity index (χ3n) is 4.72. The first-order valence-corrected chi connectivity index (χ1v) is 11.2. The number of nitrogens with zero attached hydrogens (tertiary/aromatic N) is 1. The van der Waals surface area contributed by atoms with Crippen LogP contribution in [0.5, 0.6) is 11.5 Å². The number of rotatable bonds is 7. The minimum absolute atomic E-state index is 0.454. The van der Waals surface area contributed by atoms with Gasteiger partial charge in [-0.15, -0.1) is 0 Å². The molecule has 0 saturated carbocycles. The Hall–Kier alpha value is -2.82. The molecule has 4 aromatic rings. The molecule has 156 valence electrons. The molecule has 4 rings (SSSR count). The van der Waals surface area contributed by atoms with Crippen LogP contribution >= 0.6 is 27.5 Å². The van der Waals surface area contributed by atoms with Gasteiger partial charge in [0.05, 0.1) is 12.3 Å². The summed E-state index contributed by atoms with van der Waals surface area (Å²) < 4.78 is 12.7. The Balaban J connectivity index is 1.58. The molecule has 0 unspecified atom stereocenters. The first-order valence-electron chi connectivity index (χ1n) is 10.00. The zero-order chi connectivity index (χ0) is 21.6. The SMILES string of the molecule is CCOc1ccc(Br)c(C=Cc2ccc3cccc(OCc4ccc(Cl)cc4)c3n2)c1. The molecule has 0 aliphatic carbocycles. The molecule has 1 heterocycles. The molecule has 3 nitrogen and oxygen atoms in total. The average molecular weight is 495 g/mol. The summed E-state index contributed by atoms with van der Waals surface area (Å²) in [5.74, 6) is 1.59. The Morgan fingerprint density at radius 1 is 0.935 bits per heavy atom. The van der Waals surface area contributed by atoms with Crippen LogP contribution in [0, 0.1) is 0 Å². The molecule has 0 atom stereocenters. The molecule has 0 amide bonds. The van der Waals surface area contributed by atoms with Crippen molar-refractivity contribution in [2.45, 2.75) is 13.5 Å². The van der Waals surface area contributed by atoms with Gasteiger partial charge in [0.15, 0.2) is 0 Å². The monoisotopic (exact) mass is 493 g/mol. The van der Waals surface area contributed by atoms with Crippen LogP contribution in [0.1, 0.15) is 23.7 Å². The number of ether oxygens (including phenoxy) is 2. The van der Waals surface area contributed by atoms with E-state index < -0.39 is 0 Å². The van der Waals surface area contributed by atoms with Crippen LogP contribution in [0.15, 0.2) is 77.3 Å². The molecule has 0 N–H and O–H groups in total. The van der Waals surface area contributed by atoms with Crippen molar-refractivity contribution in [3.8, 4) is 11.5 Å². The van der Waals surface area contributed by atoms with Crippen molar-refractivity contribution in [1.82, 2.24) is 4.98 Å². The smallest absolute Gasteiger partial charge is 0.146 e. The van der Waals surface area contributed by atoms with E-state index in [2.05, 4.69) is 22.0 Å². The lowest BCUT2D eigenvalue weighted by atomic mass is 10.1. The molecular weight excluding hydrogens is 474 g/mol. The molecule has 1 aromatic heterocycles. The molecule has 31 heavy (non-hydrogen) atoms. The van der Waals surface area contributed by atoms with Crippen molar-refractivity contribution >= 4 is 50.6 Å². The van der Waals surface area contributed by atoms with Gasteiger partial charge in [0.2, 0.25) is 0 Å². The van der Waals surface area contributed by atoms with Gasteiger partial charge in [-0.3, -0.25) is 0 Å². The highest BCUT2D eigenvalue weighted by Crippen LogP contribution is 2.27.